The van der Waals surface area contributed by atoms with Crippen LogP contribution in [0.4, 0.5) is 10.3 Å². The van der Waals surface area contributed by atoms with Crippen molar-refractivity contribution in [2.75, 3.05) is 5.32 Å². The van der Waals surface area contributed by atoms with E-state index >= 15 is 0 Å². The van der Waals surface area contributed by atoms with E-state index in [2.05, 4.69) is 20.4 Å². The molecule has 0 unspecified atom stereocenters. The molecule has 2 heterocycles. The topological polar surface area (TPSA) is 101 Å². The number of phenols is 1. The largest absolute Gasteiger partial charge is 0.508 e. The smallest absolute Gasteiger partial charge is 0.241 e. The zero-order valence-electron chi connectivity index (χ0n) is 15.0. The van der Waals surface area contributed by atoms with E-state index in [0.717, 1.165) is 5.56 Å². The molecule has 0 atom stereocenters. The Hall–Kier alpha value is -4.07. The second-order valence-corrected chi connectivity index (χ2v) is 6.23. The van der Waals surface area contributed by atoms with E-state index < -0.39 is 0 Å². The zero-order valence-corrected chi connectivity index (χ0v) is 15.0. The molecule has 2 aromatic carbocycles. The first-order valence-electron chi connectivity index (χ1n) is 8.70. The lowest BCUT2D eigenvalue weighted by atomic mass is 10.0. The summed E-state index contributed by atoms with van der Waals surface area (Å²) in [5, 5.41) is 16.1. The van der Waals surface area contributed by atoms with Crippen LogP contribution in [0.2, 0.25) is 0 Å². The Morgan fingerprint density at radius 3 is 2.52 bits per heavy atom. The van der Waals surface area contributed by atoms with Gasteiger partial charge in [-0.05, 0) is 48.0 Å². The number of hydrogen-bond acceptors (Lipinski definition) is 6. The highest BCUT2D eigenvalue weighted by Crippen LogP contribution is 2.36. The number of amides is 1. The van der Waals surface area contributed by atoms with Crippen molar-refractivity contribution < 1.29 is 18.8 Å². The Morgan fingerprint density at radius 2 is 1.83 bits per heavy atom. The number of phenolic OH excluding ortho intramolecular Hbond substituents is 1. The number of nitrogens with one attached hydrogen (secondary N) is 1. The molecule has 0 saturated heterocycles. The number of carbonyl (C=O) groups excluding carboxylic acids is 1. The van der Waals surface area contributed by atoms with Gasteiger partial charge in [-0.1, -0.05) is 17.3 Å². The minimum Gasteiger partial charge on any atom is -0.508 e. The number of carbonyl (C=O) groups is 1. The van der Waals surface area contributed by atoms with Gasteiger partial charge in [0.1, 0.15) is 23.6 Å². The summed E-state index contributed by atoms with van der Waals surface area (Å²) < 4.78 is 18.7. The van der Waals surface area contributed by atoms with E-state index in [4.69, 9.17) is 4.52 Å². The van der Waals surface area contributed by atoms with Gasteiger partial charge in [-0.2, -0.15) is 0 Å². The van der Waals surface area contributed by atoms with Crippen LogP contribution in [0.25, 0.3) is 22.5 Å². The number of anilines is 1. The Morgan fingerprint density at radius 1 is 1.07 bits per heavy atom. The summed E-state index contributed by atoms with van der Waals surface area (Å²) in [4.78, 5) is 20.6. The lowest BCUT2D eigenvalue weighted by Crippen LogP contribution is -2.14. The third-order valence-electron chi connectivity index (χ3n) is 4.20. The van der Waals surface area contributed by atoms with Gasteiger partial charge >= 0.3 is 0 Å². The maximum atomic E-state index is 13.3. The second kappa shape index (κ2) is 7.89. The van der Waals surface area contributed by atoms with E-state index in [0.29, 0.717) is 22.5 Å². The van der Waals surface area contributed by atoms with Gasteiger partial charge in [0.25, 0.3) is 0 Å². The number of aromatic hydroxyl groups is 1. The molecular formula is C21H15FN4O3. The molecule has 0 spiro atoms. The summed E-state index contributed by atoms with van der Waals surface area (Å²) >= 11 is 0. The third-order valence-corrected chi connectivity index (χ3v) is 4.20. The van der Waals surface area contributed by atoms with E-state index in [-0.39, 0.29) is 29.8 Å². The Balaban J connectivity index is 1.67. The van der Waals surface area contributed by atoms with E-state index in [1.807, 2.05) is 0 Å². The van der Waals surface area contributed by atoms with Crippen LogP contribution >= 0.6 is 0 Å². The fraction of sp³-hybridized carbons (Fsp3) is 0.0476. The molecule has 144 valence electrons. The van der Waals surface area contributed by atoms with Gasteiger partial charge < -0.3 is 9.63 Å². The molecule has 0 aliphatic rings. The maximum Gasteiger partial charge on any atom is 0.241 e. The molecule has 0 fully saturated rings. The van der Waals surface area contributed by atoms with Crippen molar-refractivity contribution in [2.45, 2.75) is 6.42 Å². The van der Waals surface area contributed by atoms with Crippen LogP contribution in [0.15, 0.2) is 71.6 Å². The molecule has 29 heavy (non-hydrogen) atoms. The van der Waals surface area contributed by atoms with Crippen LogP contribution in [0, 0.1) is 5.82 Å². The fourth-order valence-electron chi connectivity index (χ4n) is 2.83. The summed E-state index contributed by atoms with van der Waals surface area (Å²) in [5.41, 5.74) is 2.73. The first kappa shape index (κ1) is 18.3. The lowest BCUT2D eigenvalue weighted by molar-refractivity contribution is -0.115. The highest BCUT2D eigenvalue weighted by molar-refractivity contribution is 5.97. The monoisotopic (exact) mass is 390 g/mol. The molecule has 7 nitrogen and oxygen atoms in total. The van der Waals surface area contributed by atoms with Crippen LogP contribution in [0.5, 0.6) is 5.75 Å². The second-order valence-electron chi connectivity index (χ2n) is 6.23. The summed E-state index contributed by atoms with van der Waals surface area (Å²) in [6, 6.07) is 13.8. The number of benzene rings is 2. The Kier molecular flexibility index (Phi) is 4.98. The lowest BCUT2D eigenvalue weighted by Gasteiger charge is -2.06. The van der Waals surface area contributed by atoms with Crippen molar-refractivity contribution in [3.8, 4) is 28.3 Å². The van der Waals surface area contributed by atoms with Crippen molar-refractivity contribution in [1.29, 1.82) is 0 Å². The molecule has 2 aromatic heterocycles. The molecule has 1 amide bonds. The van der Waals surface area contributed by atoms with Crippen molar-refractivity contribution in [2.24, 2.45) is 0 Å². The van der Waals surface area contributed by atoms with Crippen molar-refractivity contribution in [1.82, 2.24) is 15.1 Å². The first-order chi connectivity index (χ1) is 14.1. The normalized spacial score (nSPS) is 10.7. The average molecular weight is 390 g/mol. The van der Waals surface area contributed by atoms with Crippen LogP contribution in [0.1, 0.15) is 5.56 Å². The Labute approximate surface area is 164 Å². The third kappa shape index (κ3) is 4.11. The fourth-order valence-corrected chi connectivity index (χ4v) is 2.83. The Bertz CT molecular complexity index is 1130. The van der Waals surface area contributed by atoms with E-state index in [1.165, 1.54) is 30.6 Å². The maximum absolute atomic E-state index is 13.3. The number of hydrogen-bond donors (Lipinski definition) is 2. The molecular weight excluding hydrogens is 375 g/mol. The van der Waals surface area contributed by atoms with Gasteiger partial charge in [0, 0.05) is 11.8 Å². The number of nitrogens with zero attached hydrogens (tertiary/aromatic N) is 3. The molecule has 0 radical (unpaired) electrons. The van der Waals surface area contributed by atoms with Crippen molar-refractivity contribution >= 4 is 11.8 Å². The SMILES string of the molecule is O=C(Cc1ccc(O)cc1)Nc1onc(-c2ccc(F)cc2)c1-c1ccncn1. The van der Waals surface area contributed by atoms with Crippen LogP contribution in [-0.2, 0) is 11.2 Å². The molecule has 8 heteroatoms. The van der Waals surface area contributed by atoms with Crippen LogP contribution < -0.4 is 5.32 Å². The quantitative estimate of drug-likeness (QED) is 0.537. The summed E-state index contributed by atoms with van der Waals surface area (Å²) in [6.45, 7) is 0. The molecule has 4 aromatic rings. The van der Waals surface area contributed by atoms with Crippen LogP contribution in [-0.4, -0.2) is 26.1 Å². The predicted molar refractivity (Wildman–Crippen MR) is 103 cm³/mol. The number of aromatic nitrogens is 3. The first-order valence-corrected chi connectivity index (χ1v) is 8.70. The molecule has 0 aliphatic carbocycles. The minimum atomic E-state index is -0.372. The van der Waals surface area contributed by atoms with Crippen LogP contribution in [0.3, 0.4) is 0 Å². The van der Waals surface area contributed by atoms with Gasteiger partial charge in [0.05, 0.1) is 17.7 Å². The molecule has 0 saturated carbocycles. The van der Waals surface area contributed by atoms with E-state index in [9.17, 15) is 14.3 Å². The van der Waals surface area contributed by atoms with Gasteiger partial charge in [-0.25, -0.2) is 14.4 Å². The molecule has 2 N–H and O–H groups in total. The summed E-state index contributed by atoms with van der Waals surface area (Å²) in [7, 11) is 0. The van der Waals surface area contributed by atoms with Crippen molar-refractivity contribution in [3.63, 3.8) is 0 Å². The average Bonchev–Trinajstić information content (AvgIpc) is 3.14. The molecule has 0 bridgehead atoms. The highest BCUT2D eigenvalue weighted by atomic mass is 19.1. The van der Waals surface area contributed by atoms with Crippen molar-refractivity contribution in [3.05, 3.63) is 78.5 Å². The zero-order chi connectivity index (χ0) is 20.2. The number of halogens is 1. The molecule has 0 aliphatic heterocycles. The van der Waals surface area contributed by atoms with E-state index in [1.54, 1.807) is 36.5 Å². The van der Waals surface area contributed by atoms with Gasteiger partial charge in [-0.15, -0.1) is 0 Å². The summed E-state index contributed by atoms with van der Waals surface area (Å²) in [5.74, 6) is -0.442. The van der Waals surface area contributed by atoms with Gasteiger partial charge in [0.2, 0.25) is 11.8 Å². The minimum absolute atomic E-state index is 0.0794. The number of rotatable bonds is 5. The predicted octanol–water partition coefficient (Wildman–Crippen LogP) is 3.82. The highest BCUT2D eigenvalue weighted by Gasteiger charge is 2.22. The molecule has 4 rings (SSSR count). The van der Waals surface area contributed by atoms with Gasteiger partial charge in [0.15, 0.2) is 0 Å². The standard InChI is InChI=1S/C21H15FN4O3/c22-15-5-3-14(4-6-15)20-19(17-9-10-23-12-24-17)21(29-26-20)25-18(28)11-13-1-7-16(27)8-2-13/h1-10,12,27H,11H2,(H,25,28). The summed E-state index contributed by atoms with van der Waals surface area (Å²) in [6.07, 6.45) is 3.01. The van der Waals surface area contributed by atoms with Gasteiger partial charge in [-0.3, -0.25) is 10.1 Å².